The highest BCUT2D eigenvalue weighted by Crippen LogP contribution is 2.26. The molecule has 0 amide bonds. The molecule has 0 aliphatic heterocycles. The van der Waals surface area contributed by atoms with Gasteiger partial charge >= 0.3 is 0 Å². The van der Waals surface area contributed by atoms with Gasteiger partial charge in [-0.15, -0.1) is 0 Å². The molecule has 1 aromatic carbocycles. The van der Waals surface area contributed by atoms with Gasteiger partial charge in [-0.25, -0.2) is 8.99 Å². The van der Waals surface area contributed by atoms with Crippen molar-refractivity contribution in [1.82, 2.24) is 0 Å². The highest BCUT2D eigenvalue weighted by molar-refractivity contribution is 7.93. The quantitative estimate of drug-likeness (QED) is 0.789. The van der Waals surface area contributed by atoms with E-state index in [1.54, 1.807) is 45.0 Å². The lowest BCUT2D eigenvalue weighted by atomic mass is 10.3. The number of halogens is 1. The lowest BCUT2D eigenvalue weighted by Crippen LogP contribution is -2.26. The third-order valence-corrected chi connectivity index (χ3v) is 4.92. The average Bonchev–Trinajstić information content (AvgIpc) is 2.03. The van der Waals surface area contributed by atoms with Crippen molar-refractivity contribution in [2.45, 2.75) is 30.4 Å². The van der Waals surface area contributed by atoms with Gasteiger partial charge in [-0.2, -0.15) is 0 Å². The maximum Gasteiger partial charge on any atom is 0.0776 e. The first-order valence-corrected chi connectivity index (χ1v) is 6.23. The van der Waals surface area contributed by atoms with Crippen molar-refractivity contribution in [3.05, 3.63) is 29.3 Å². The summed E-state index contributed by atoms with van der Waals surface area (Å²) >= 11 is 5.72. The lowest BCUT2D eigenvalue weighted by Gasteiger charge is -2.22. The Bertz CT molecular complexity index is 414. The third-order valence-electron chi connectivity index (χ3n) is 2.01. The Labute approximate surface area is 90.3 Å². The molecule has 0 saturated carbocycles. The van der Waals surface area contributed by atoms with Crippen LogP contribution in [0.3, 0.4) is 0 Å². The molecule has 1 rings (SSSR count). The van der Waals surface area contributed by atoms with E-state index in [1.807, 2.05) is 0 Å². The minimum atomic E-state index is -2.75. The number of hydrogen-bond donors (Lipinski definition) is 1. The summed E-state index contributed by atoms with van der Waals surface area (Å²) in [5.41, 5.74) is 0. The predicted octanol–water partition coefficient (Wildman–Crippen LogP) is 3.54. The van der Waals surface area contributed by atoms with Crippen LogP contribution in [-0.2, 0) is 9.73 Å². The topological polar surface area (TPSA) is 40.9 Å². The summed E-state index contributed by atoms with van der Waals surface area (Å²) in [6, 6.07) is 6.64. The van der Waals surface area contributed by atoms with Crippen LogP contribution < -0.4 is 0 Å². The number of rotatable bonds is 1. The second-order valence-electron chi connectivity index (χ2n) is 4.12. The molecule has 0 spiro atoms. The molecule has 0 heterocycles. The zero-order valence-corrected chi connectivity index (χ0v) is 10.1. The van der Waals surface area contributed by atoms with Crippen molar-refractivity contribution >= 4 is 21.3 Å². The molecule has 0 aliphatic rings. The Balaban J connectivity index is 3.25. The van der Waals surface area contributed by atoms with Crippen molar-refractivity contribution in [2.75, 3.05) is 0 Å². The van der Waals surface area contributed by atoms with Crippen LogP contribution in [0.5, 0.6) is 0 Å². The standard InChI is InChI=1S/C10H14ClNOS/c1-10(2,3)14(12,13)9-6-4-8(11)5-7-9/h4-7,12H,1-3H3. The highest BCUT2D eigenvalue weighted by atomic mass is 35.5. The zero-order chi connectivity index (χ0) is 11.0. The minimum absolute atomic E-state index is 0.536. The van der Waals surface area contributed by atoms with E-state index < -0.39 is 14.5 Å². The molecular formula is C10H14ClNOS. The fourth-order valence-electron chi connectivity index (χ4n) is 0.980. The maximum absolute atomic E-state index is 12.1. The van der Waals surface area contributed by atoms with Gasteiger partial charge in [-0.1, -0.05) is 11.6 Å². The van der Waals surface area contributed by atoms with Gasteiger partial charge < -0.3 is 0 Å². The summed E-state index contributed by atoms with van der Waals surface area (Å²) in [7, 11) is -2.75. The van der Waals surface area contributed by atoms with Crippen molar-refractivity contribution < 1.29 is 4.21 Å². The first-order chi connectivity index (χ1) is 6.25. The van der Waals surface area contributed by atoms with Gasteiger partial charge in [0.05, 0.1) is 9.73 Å². The van der Waals surface area contributed by atoms with Gasteiger partial charge in [0.1, 0.15) is 0 Å². The smallest absolute Gasteiger partial charge is 0.0776 e. The predicted molar refractivity (Wildman–Crippen MR) is 60.3 cm³/mol. The zero-order valence-electron chi connectivity index (χ0n) is 8.50. The maximum atomic E-state index is 12.1. The Morgan fingerprint density at radius 1 is 1.21 bits per heavy atom. The van der Waals surface area contributed by atoms with E-state index in [2.05, 4.69) is 0 Å². The SMILES string of the molecule is CC(C)(C)S(=N)(=O)c1ccc(Cl)cc1. The minimum Gasteiger partial charge on any atom is -0.248 e. The van der Waals surface area contributed by atoms with Crippen LogP contribution in [-0.4, -0.2) is 8.96 Å². The van der Waals surface area contributed by atoms with Crippen LogP contribution in [0.1, 0.15) is 20.8 Å². The molecule has 4 heteroatoms. The van der Waals surface area contributed by atoms with E-state index in [4.69, 9.17) is 16.4 Å². The number of nitrogens with one attached hydrogen (secondary N) is 1. The van der Waals surface area contributed by atoms with Crippen LogP contribution in [0.15, 0.2) is 29.2 Å². The molecule has 1 N–H and O–H groups in total. The van der Waals surface area contributed by atoms with Crippen LogP contribution in [0.4, 0.5) is 0 Å². The molecule has 1 unspecified atom stereocenters. The van der Waals surface area contributed by atoms with Gasteiger partial charge in [0.2, 0.25) is 0 Å². The van der Waals surface area contributed by atoms with E-state index >= 15 is 0 Å². The van der Waals surface area contributed by atoms with Crippen LogP contribution in [0, 0.1) is 4.78 Å². The summed E-state index contributed by atoms with van der Waals surface area (Å²) in [6.07, 6.45) is 0. The van der Waals surface area contributed by atoms with Gasteiger partial charge in [0.25, 0.3) is 0 Å². The van der Waals surface area contributed by atoms with Gasteiger partial charge in [0, 0.05) is 14.7 Å². The van der Waals surface area contributed by atoms with Crippen LogP contribution in [0.25, 0.3) is 0 Å². The fourth-order valence-corrected chi connectivity index (χ4v) is 2.33. The molecule has 0 bridgehead atoms. The molecule has 0 fully saturated rings. The molecule has 78 valence electrons. The summed E-state index contributed by atoms with van der Waals surface area (Å²) < 4.78 is 19.5. The summed E-state index contributed by atoms with van der Waals surface area (Å²) in [6.45, 7) is 5.41. The first kappa shape index (κ1) is 11.5. The molecule has 2 nitrogen and oxygen atoms in total. The Kier molecular flexibility index (Phi) is 2.93. The van der Waals surface area contributed by atoms with Gasteiger partial charge in [-0.3, -0.25) is 0 Å². The number of benzene rings is 1. The third kappa shape index (κ3) is 2.10. The molecule has 1 aromatic rings. The normalized spacial score (nSPS) is 16.3. The Morgan fingerprint density at radius 2 is 1.64 bits per heavy atom. The monoisotopic (exact) mass is 231 g/mol. The molecular weight excluding hydrogens is 218 g/mol. The van der Waals surface area contributed by atoms with E-state index in [1.165, 1.54) is 0 Å². The fraction of sp³-hybridized carbons (Fsp3) is 0.400. The van der Waals surface area contributed by atoms with Crippen molar-refractivity contribution in [1.29, 1.82) is 4.78 Å². The van der Waals surface area contributed by atoms with Crippen LogP contribution >= 0.6 is 11.6 Å². The Morgan fingerprint density at radius 3 is 2.00 bits per heavy atom. The highest BCUT2D eigenvalue weighted by Gasteiger charge is 2.26. The van der Waals surface area contributed by atoms with Crippen molar-refractivity contribution in [2.24, 2.45) is 0 Å². The van der Waals surface area contributed by atoms with Gasteiger partial charge in [-0.05, 0) is 45.0 Å². The Hall–Kier alpha value is -0.540. The largest absolute Gasteiger partial charge is 0.248 e. The summed E-state index contributed by atoms with van der Waals surface area (Å²) in [5, 5.41) is 0.595. The first-order valence-electron chi connectivity index (χ1n) is 4.29. The van der Waals surface area contributed by atoms with E-state index in [-0.39, 0.29) is 0 Å². The molecule has 1 atom stereocenters. The van der Waals surface area contributed by atoms with E-state index in [0.717, 1.165) is 0 Å². The van der Waals surface area contributed by atoms with E-state index in [0.29, 0.717) is 9.92 Å². The molecule has 0 aliphatic carbocycles. The van der Waals surface area contributed by atoms with Crippen molar-refractivity contribution in [3.63, 3.8) is 0 Å². The molecule has 14 heavy (non-hydrogen) atoms. The van der Waals surface area contributed by atoms with Gasteiger partial charge in [0.15, 0.2) is 0 Å². The molecule has 0 radical (unpaired) electrons. The second kappa shape index (κ2) is 3.55. The second-order valence-corrected chi connectivity index (χ2v) is 7.37. The lowest BCUT2D eigenvalue weighted by molar-refractivity contribution is 0.637. The van der Waals surface area contributed by atoms with Crippen molar-refractivity contribution in [3.8, 4) is 0 Å². The van der Waals surface area contributed by atoms with Crippen LogP contribution in [0.2, 0.25) is 5.02 Å². The average molecular weight is 232 g/mol. The summed E-state index contributed by atoms with van der Waals surface area (Å²) in [5.74, 6) is 0. The number of hydrogen-bond acceptors (Lipinski definition) is 2. The molecule has 0 aromatic heterocycles. The summed E-state index contributed by atoms with van der Waals surface area (Å²) in [4.78, 5) is 0.536. The van der Waals surface area contributed by atoms with E-state index in [9.17, 15) is 4.21 Å². The molecule has 0 saturated heterocycles.